The average Bonchev–Trinajstić information content (AvgIpc) is 2.16. The fraction of sp³-hybridized carbons (Fsp3) is 0.182. The van der Waals surface area contributed by atoms with E-state index in [0.29, 0.717) is 0 Å². The summed E-state index contributed by atoms with van der Waals surface area (Å²) in [5, 5.41) is 0. The lowest BCUT2D eigenvalue weighted by atomic mass is 10.2. The molecule has 5 heteroatoms. The second kappa shape index (κ2) is 4.94. The molecule has 1 rings (SSSR count). The van der Waals surface area contributed by atoms with Gasteiger partial charge in [0.25, 0.3) is 0 Å². The minimum atomic E-state index is -3.15. The molecule has 0 radical (unpaired) electrons. The molecule has 0 spiro atoms. The topological polar surface area (TPSA) is 77.2 Å². The van der Waals surface area contributed by atoms with Crippen molar-refractivity contribution in [3.05, 3.63) is 35.9 Å². The van der Waals surface area contributed by atoms with Gasteiger partial charge in [0, 0.05) is 12.7 Å². The smallest absolute Gasteiger partial charge is 0.221 e. The Hall–Kier alpha value is -1.62. The fourth-order valence-corrected chi connectivity index (χ4v) is 1.77. The number of amides is 1. The molecule has 1 aromatic rings. The highest BCUT2D eigenvalue weighted by molar-refractivity contribution is 7.90. The van der Waals surface area contributed by atoms with Gasteiger partial charge in [-0.15, -0.1) is 0 Å². The number of rotatable bonds is 4. The highest BCUT2D eigenvalue weighted by atomic mass is 32.2. The molecule has 0 fully saturated rings. The number of primary amides is 1. The predicted molar refractivity (Wildman–Crippen MR) is 62.4 cm³/mol. The zero-order chi connectivity index (χ0) is 12.2. The van der Waals surface area contributed by atoms with Crippen LogP contribution in [-0.4, -0.2) is 20.6 Å². The Bertz CT molecular complexity index is 501. The van der Waals surface area contributed by atoms with Crippen molar-refractivity contribution in [2.24, 2.45) is 5.73 Å². The average molecular weight is 239 g/mol. The summed E-state index contributed by atoms with van der Waals surface area (Å²) >= 11 is 0. The zero-order valence-corrected chi connectivity index (χ0v) is 9.70. The zero-order valence-electron chi connectivity index (χ0n) is 8.88. The molecule has 0 saturated carbocycles. The lowest BCUT2D eigenvalue weighted by Gasteiger charge is -1.98. The van der Waals surface area contributed by atoms with Crippen LogP contribution in [-0.2, 0) is 14.6 Å². The summed E-state index contributed by atoms with van der Waals surface area (Å²) in [6, 6.07) is 6.40. The normalized spacial score (nSPS) is 11.8. The molecule has 0 aromatic heterocycles. The highest BCUT2D eigenvalue weighted by Crippen LogP contribution is 2.11. The third kappa shape index (κ3) is 3.86. The molecule has 1 aromatic carbocycles. The minimum Gasteiger partial charge on any atom is -0.369 e. The number of nitrogens with two attached hydrogens (primary N) is 1. The predicted octanol–water partition coefficient (Wildman–Crippen LogP) is 0.979. The third-order valence-electron chi connectivity index (χ3n) is 1.94. The van der Waals surface area contributed by atoms with E-state index < -0.39 is 15.7 Å². The van der Waals surface area contributed by atoms with Crippen molar-refractivity contribution in [2.75, 3.05) is 6.26 Å². The van der Waals surface area contributed by atoms with Gasteiger partial charge in [0.1, 0.15) is 0 Å². The van der Waals surface area contributed by atoms with Crippen molar-refractivity contribution >= 4 is 21.8 Å². The summed E-state index contributed by atoms with van der Waals surface area (Å²) in [4.78, 5) is 10.7. The molecule has 0 heterocycles. The number of carbonyl (C=O) groups excluding carboxylic acids is 1. The first-order valence-electron chi connectivity index (χ1n) is 4.64. The lowest BCUT2D eigenvalue weighted by Crippen LogP contribution is -2.07. The first-order valence-corrected chi connectivity index (χ1v) is 6.54. The van der Waals surface area contributed by atoms with Crippen LogP contribution in [0, 0.1) is 0 Å². The van der Waals surface area contributed by atoms with E-state index in [0.717, 1.165) is 11.8 Å². The maximum absolute atomic E-state index is 11.2. The van der Waals surface area contributed by atoms with Crippen molar-refractivity contribution in [3.8, 4) is 0 Å². The molecule has 0 atom stereocenters. The van der Waals surface area contributed by atoms with Crippen LogP contribution in [0.15, 0.2) is 35.2 Å². The Kier molecular flexibility index (Phi) is 3.84. The van der Waals surface area contributed by atoms with E-state index >= 15 is 0 Å². The molecular weight excluding hydrogens is 226 g/mol. The second-order valence-corrected chi connectivity index (χ2v) is 5.43. The molecule has 16 heavy (non-hydrogen) atoms. The van der Waals surface area contributed by atoms with Gasteiger partial charge in [0.15, 0.2) is 9.84 Å². The molecular formula is C11H13NO3S. The van der Waals surface area contributed by atoms with Crippen molar-refractivity contribution < 1.29 is 13.2 Å². The molecule has 0 aliphatic rings. The first kappa shape index (κ1) is 12.4. The minimum absolute atomic E-state index is 0.174. The molecule has 2 N–H and O–H groups in total. The summed E-state index contributed by atoms with van der Waals surface area (Å²) in [5.41, 5.74) is 5.80. The molecule has 0 unspecified atom stereocenters. The van der Waals surface area contributed by atoms with Gasteiger partial charge in [0.2, 0.25) is 5.91 Å². The van der Waals surface area contributed by atoms with E-state index in [1.807, 2.05) is 0 Å². The molecule has 0 aliphatic carbocycles. The van der Waals surface area contributed by atoms with E-state index in [-0.39, 0.29) is 11.3 Å². The van der Waals surface area contributed by atoms with Crippen LogP contribution in [0.25, 0.3) is 6.08 Å². The van der Waals surface area contributed by atoms with Crippen LogP contribution in [0.5, 0.6) is 0 Å². The van der Waals surface area contributed by atoms with Crippen molar-refractivity contribution in [2.45, 2.75) is 11.3 Å². The van der Waals surface area contributed by atoms with E-state index in [9.17, 15) is 13.2 Å². The second-order valence-electron chi connectivity index (χ2n) is 3.41. The summed E-state index contributed by atoms with van der Waals surface area (Å²) in [6.07, 6.45) is 4.69. The van der Waals surface area contributed by atoms with Gasteiger partial charge in [0.05, 0.1) is 4.90 Å². The Morgan fingerprint density at radius 3 is 2.31 bits per heavy atom. The largest absolute Gasteiger partial charge is 0.369 e. The number of hydrogen-bond donors (Lipinski definition) is 1. The number of benzene rings is 1. The van der Waals surface area contributed by atoms with E-state index in [1.54, 1.807) is 24.3 Å². The van der Waals surface area contributed by atoms with Crippen molar-refractivity contribution in [1.82, 2.24) is 0 Å². The summed E-state index contributed by atoms with van der Waals surface area (Å²) in [5.74, 6) is -0.399. The van der Waals surface area contributed by atoms with Gasteiger partial charge >= 0.3 is 0 Å². The van der Waals surface area contributed by atoms with Crippen LogP contribution in [0.3, 0.4) is 0 Å². The van der Waals surface area contributed by atoms with Crippen LogP contribution < -0.4 is 5.73 Å². The molecule has 0 saturated heterocycles. The van der Waals surface area contributed by atoms with E-state index in [4.69, 9.17) is 5.73 Å². The van der Waals surface area contributed by atoms with Crippen LogP contribution in [0.1, 0.15) is 12.0 Å². The first-order chi connectivity index (χ1) is 7.39. The van der Waals surface area contributed by atoms with Gasteiger partial charge in [-0.05, 0) is 17.7 Å². The summed E-state index contributed by atoms with van der Waals surface area (Å²) in [6.45, 7) is 0. The number of hydrogen-bond acceptors (Lipinski definition) is 3. The van der Waals surface area contributed by atoms with Gasteiger partial charge < -0.3 is 5.73 Å². The Labute approximate surface area is 94.7 Å². The van der Waals surface area contributed by atoms with Crippen LogP contribution in [0.4, 0.5) is 0 Å². The molecule has 0 aliphatic heterocycles. The van der Waals surface area contributed by atoms with Gasteiger partial charge in [-0.25, -0.2) is 8.42 Å². The number of sulfone groups is 1. The highest BCUT2D eigenvalue weighted by Gasteiger charge is 2.04. The van der Waals surface area contributed by atoms with Crippen LogP contribution >= 0.6 is 0 Å². The molecule has 86 valence electrons. The third-order valence-corrected chi connectivity index (χ3v) is 3.07. The van der Waals surface area contributed by atoms with Gasteiger partial charge in [-0.3, -0.25) is 4.79 Å². The van der Waals surface area contributed by atoms with E-state index in [1.165, 1.54) is 12.1 Å². The van der Waals surface area contributed by atoms with Crippen molar-refractivity contribution in [3.63, 3.8) is 0 Å². The molecule has 0 bridgehead atoms. The standard InChI is InChI=1S/C11H13NO3S/c1-16(14,15)10-7-5-9(6-8-10)3-2-4-11(12)13/h2-3,5-8H,4H2,1H3,(H2,12,13). The van der Waals surface area contributed by atoms with Gasteiger partial charge in [-0.1, -0.05) is 24.3 Å². The number of carbonyl (C=O) groups is 1. The Morgan fingerprint density at radius 2 is 1.88 bits per heavy atom. The van der Waals surface area contributed by atoms with Gasteiger partial charge in [-0.2, -0.15) is 0 Å². The quantitative estimate of drug-likeness (QED) is 0.850. The Balaban J connectivity index is 2.80. The van der Waals surface area contributed by atoms with Crippen molar-refractivity contribution in [1.29, 1.82) is 0 Å². The summed E-state index contributed by atoms with van der Waals surface area (Å²) < 4.78 is 22.3. The molecule has 1 amide bonds. The molecule has 4 nitrogen and oxygen atoms in total. The lowest BCUT2D eigenvalue weighted by molar-refractivity contribution is -0.117. The SMILES string of the molecule is CS(=O)(=O)c1ccc(C=CCC(N)=O)cc1. The summed E-state index contributed by atoms with van der Waals surface area (Å²) in [7, 11) is -3.15. The maximum atomic E-state index is 11.2. The monoisotopic (exact) mass is 239 g/mol. The van der Waals surface area contributed by atoms with Crippen LogP contribution in [0.2, 0.25) is 0 Å². The maximum Gasteiger partial charge on any atom is 0.221 e. The van der Waals surface area contributed by atoms with E-state index in [2.05, 4.69) is 0 Å². The Morgan fingerprint density at radius 1 is 1.31 bits per heavy atom. The fourth-order valence-electron chi connectivity index (χ4n) is 1.14.